The van der Waals surface area contributed by atoms with Crippen molar-refractivity contribution in [2.45, 2.75) is 50.8 Å². The van der Waals surface area contributed by atoms with Gasteiger partial charge in [-0.05, 0) is 52.0 Å². The first kappa shape index (κ1) is 28.9. The van der Waals surface area contributed by atoms with Gasteiger partial charge in [-0.2, -0.15) is 0 Å². The molecule has 0 aromatic heterocycles. The number of carbonyl (C=O) groups is 2. The summed E-state index contributed by atoms with van der Waals surface area (Å²) in [6.07, 6.45) is 2.57. The number of piperidine rings is 1. The van der Waals surface area contributed by atoms with Crippen LogP contribution in [0.3, 0.4) is 0 Å². The van der Waals surface area contributed by atoms with Crippen molar-refractivity contribution in [3.05, 3.63) is 40.4 Å². The van der Waals surface area contributed by atoms with Gasteiger partial charge in [-0.15, -0.1) is 4.72 Å². The first-order valence-corrected chi connectivity index (χ1v) is 14.0. The van der Waals surface area contributed by atoms with E-state index in [0.29, 0.717) is 54.7 Å². The summed E-state index contributed by atoms with van der Waals surface area (Å²) in [4.78, 5) is 27.4. The molecule has 8 nitrogen and oxygen atoms in total. The summed E-state index contributed by atoms with van der Waals surface area (Å²) in [5.74, 6) is 0.312. The van der Waals surface area contributed by atoms with Crippen LogP contribution in [0.4, 0.5) is 4.79 Å². The van der Waals surface area contributed by atoms with Gasteiger partial charge in [0, 0.05) is 49.2 Å². The average Bonchev–Trinajstić information content (AvgIpc) is 3.33. The minimum Gasteiger partial charge on any atom is -0.598 e. The SMILES string of the molecule is C=CCOc1cc(Cl)c(Cl)cc1C(N[S@@+]([O-])C(C)(C)C)C1CCN(C(=O)[C@H]2CCN(C(=O)O)C2)CC1. The maximum absolute atomic E-state index is 13.2. The third-order valence-electron chi connectivity index (χ3n) is 6.67. The lowest BCUT2D eigenvalue weighted by Gasteiger charge is -2.38. The van der Waals surface area contributed by atoms with Gasteiger partial charge in [0.2, 0.25) is 5.91 Å². The Morgan fingerprint density at radius 3 is 2.39 bits per heavy atom. The predicted octanol–water partition coefficient (Wildman–Crippen LogP) is 4.89. The van der Waals surface area contributed by atoms with Gasteiger partial charge in [-0.25, -0.2) is 4.79 Å². The van der Waals surface area contributed by atoms with Crippen LogP contribution in [0.25, 0.3) is 0 Å². The van der Waals surface area contributed by atoms with Gasteiger partial charge < -0.3 is 24.2 Å². The number of halogens is 2. The Balaban J connectivity index is 1.80. The number of amides is 2. The molecule has 2 heterocycles. The number of benzene rings is 1. The molecule has 1 aromatic carbocycles. The summed E-state index contributed by atoms with van der Waals surface area (Å²) < 4.78 is 21.9. The van der Waals surface area contributed by atoms with E-state index in [1.54, 1.807) is 18.2 Å². The average molecular weight is 561 g/mol. The van der Waals surface area contributed by atoms with E-state index in [1.807, 2.05) is 25.7 Å². The zero-order valence-electron chi connectivity index (χ0n) is 21.0. The van der Waals surface area contributed by atoms with Crippen LogP contribution in [-0.4, -0.2) is 69.0 Å². The van der Waals surface area contributed by atoms with Gasteiger partial charge in [-0.1, -0.05) is 35.9 Å². The number of carboxylic acid groups (broad SMARTS) is 1. The molecule has 1 aromatic rings. The molecule has 3 atom stereocenters. The highest BCUT2D eigenvalue weighted by atomic mass is 35.5. The number of ether oxygens (including phenoxy) is 1. The number of likely N-dealkylation sites (tertiary alicyclic amines) is 2. The highest BCUT2D eigenvalue weighted by molar-refractivity contribution is 7.90. The van der Waals surface area contributed by atoms with E-state index in [2.05, 4.69) is 11.3 Å². The fourth-order valence-corrected chi connectivity index (χ4v) is 5.84. The molecule has 0 saturated carbocycles. The molecule has 0 radical (unpaired) electrons. The van der Waals surface area contributed by atoms with E-state index < -0.39 is 22.2 Å². The Morgan fingerprint density at radius 1 is 1.22 bits per heavy atom. The normalized spacial score (nSPS) is 20.8. The molecule has 2 fully saturated rings. The van der Waals surface area contributed by atoms with Crippen molar-refractivity contribution in [2.75, 3.05) is 32.8 Å². The fraction of sp³-hybridized carbons (Fsp3) is 0.600. The lowest BCUT2D eigenvalue weighted by molar-refractivity contribution is -0.136. The standard InChI is InChI=1S/C25H35Cl2N3O5S/c1-5-12-35-21-14-20(27)19(26)13-18(21)22(28-36(34)25(2,3)4)16-6-9-29(10-7-16)23(31)17-8-11-30(15-17)24(32)33/h5,13-14,16-17,22,28H,1,6-12,15H2,2-4H3,(H,32,33)/t17-,22?,36-/m0/s1. The van der Waals surface area contributed by atoms with Crippen LogP contribution in [0.2, 0.25) is 10.0 Å². The quantitative estimate of drug-likeness (QED) is 0.347. The van der Waals surface area contributed by atoms with Gasteiger partial charge in [0.1, 0.15) is 17.1 Å². The Labute approximate surface area is 226 Å². The fourth-order valence-electron chi connectivity index (χ4n) is 4.61. The number of rotatable bonds is 8. The Bertz CT molecular complexity index is 966. The highest BCUT2D eigenvalue weighted by Gasteiger charge is 2.39. The summed E-state index contributed by atoms with van der Waals surface area (Å²) >= 11 is 11.3. The van der Waals surface area contributed by atoms with Gasteiger partial charge in [-0.3, -0.25) is 4.79 Å². The monoisotopic (exact) mass is 559 g/mol. The molecule has 3 rings (SSSR count). The van der Waals surface area contributed by atoms with Crippen molar-refractivity contribution in [1.29, 1.82) is 0 Å². The molecule has 200 valence electrons. The summed E-state index contributed by atoms with van der Waals surface area (Å²) in [5.41, 5.74) is 0.765. The van der Waals surface area contributed by atoms with Gasteiger partial charge in [0.25, 0.3) is 0 Å². The van der Waals surface area contributed by atoms with Crippen molar-refractivity contribution in [3.8, 4) is 5.75 Å². The van der Waals surface area contributed by atoms with E-state index in [9.17, 15) is 19.2 Å². The summed E-state index contributed by atoms with van der Waals surface area (Å²) in [5, 5.41) is 9.95. The van der Waals surface area contributed by atoms with E-state index >= 15 is 0 Å². The molecule has 0 spiro atoms. The number of hydrogen-bond donors (Lipinski definition) is 2. The van der Waals surface area contributed by atoms with Crippen molar-refractivity contribution >= 4 is 46.6 Å². The van der Waals surface area contributed by atoms with E-state index in [1.165, 1.54) is 4.90 Å². The number of nitrogens with zero attached hydrogens (tertiary/aromatic N) is 2. The number of carbonyl (C=O) groups excluding carboxylic acids is 1. The molecule has 2 aliphatic rings. The number of hydrogen-bond acceptors (Lipinski definition) is 5. The van der Waals surface area contributed by atoms with Crippen molar-refractivity contribution < 1.29 is 24.0 Å². The lowest BCUT2D eigenvalue weighted by Crippen LogP contribution is -2.47. The van der Waals surface area contributed by atoms with Crippen molar-refractivity contribution in [1.82, 2.24) is 14.5 Å². The van der Waals surface area contributed by atoms with Crippen LogP contribution in [0, 0.1) is 11.8 Å². The van der Waals surface area contributed by atoms with Crippen molar-refractivity contribution in [3.63, 3.8) is 0 Å². The van der Waals surface area contributed by atoms with Crippen LogP contribution in [0.15, 0.2) is 24.8 Å². The van der Waals surface area contributed by atoms with Crippen molar-refractivity contribution in [2.24, 2.45) is 11.8 Å². The predicted molar refractivity (Wildman–Crippen MR) is 143 cm³/mol. The van der Waals surface area contributed by atoms with E-state index in [4.69, 9.17) is 27.9 Å². The lowest BCUT2D eigenvalue weighted by atomic mass is 9.85. The minimum atomic E-state index is -1.37. The molecule has 2 aliphatic heterocycles. The molecule has 0 bridgehead atoms. The maximum atomic E-state index is 13.2. The summed E-state index contributed by atoms with van der Waals surface area (Å²) in [7, 11) is 0. The van der Waals surface area contributed by atoms with E-state index in [0.717, 1.165) is 5.56 Å². The van der Waals surface area contributed by atoms with Crippen LogP contribution in [0.1, 0.15) is 51.6 Å². The molecule has 36 heavy (non-hydrogen) atoms. The third kappa shape index (κ3) is 7.01. The Morgan fingerprint density at radius 2 is 1.83 bits per heavy atom. The second-order valence-corrected chi connectivity index (χ2v) is 13.1. The molecular formula is C25H35Cl2N3O5S. The van der Waals surface area contributed by atoms with Crippen LogP contribution in [0.5, 0.6) is 5.75 Å². The molecule has 2 saturated heterocycles. The second kappa shape index (κ2) is 12.3. The first-order valence-electron chi connectivity index (χ1n) is 12.1. The second-order valence-electron chi connectivity index (χ2n) is 10.3. The number of nitrogens with one attached hydrogen (secondary N) is 1. The largest absolute Gasteiger partial charge is 0.598 e. The molecular weight excluding hydrogens is 525 g/mol. The van der Waals surface area contributed by atoms with Crippen LogP contribution >= 0.6 is 23.2 Å². The molecule has 2 N–H and O–H groups in total. The minimum absolute atomic E-state index is 0.00419. The summed E-state index contributed by atoms with van der Waals surface area (Å²) in [6.45, 7) is 11.4. The Kier molecular flexibility index (Phi) is 9.85. The molecule has 11 heteroatoms. The zero-order chi connectivity index (χ0) is 26.6. The highest BCUT2D eigenvalue weighted by Crippen LogP contribution is 2.41. The Hall–Kier alpha value is -1.65. The first-order chi connectivity index (χ1) is 16.9. The van der Waals surface area contributed by atoms with Gasteiger partial charge >= 0.3 is 6.09 Å². The summed E-state index contributed by atoms with van der Waals surface area (Å²) in [6, 6.07) is 3.09. The van der Waals surface area contributed by atoms with E-state index in [-0.39, 0.29) is 36.9 Å². The van der Waals surface area contributed by atoms with Gasteiger partial charge in [0.15, 0.2) is 0 Å². The van der Waals surface area contributed by atoms with Crippen LogP contribution in [-0.2, 0) is 16.2 Å². The molecule has 0 aliphatic carbocycles. The molecule has 1 unspecified atom stereocenters. The molecule has 2 amide bonds. The van der Waals surface area contributed by atoms with Gasteiger partial charge in [0.05, 0.1) is 22.0 Å². The zero-order valence-corrected chi connectivity index (χ0v) is 23.3. The third-order valence-corrected chi connectivity index (χ3v) is 8.97. The maximum Gasteiger partial charge on any atom is 0.407 e. The topological polar surface area (TPSA) is 105 Å². The smallest absolute Gasteiger partial charge is 0.407 e. The van der Waals surface area contributed by atoms with Crippen LogP contribution < -0.4 is 9.46 Å².